The predicted octanol–water partition coefficient (Wildman–Crippen LogP) is 11.1. The normalized spacial score (nSPS) is 11.2. The average Bonchev–Trinajstić information content (AvgIpc) is 3.11. The molecule has 0 bridgehead atoms. The molecule has 8 aromatic rings. The van der Waals surface area contributed by atoms with Crippen LogP contribution >= 0.6 is 0 Å². The van der Waals surface area contributed by atoms with E-state index in [0.29, 0.717) is 0 Å². The van der Waals surface area contributed by atoms with E-state index in [1.54, 1.807) is 0 Å². The standard InChI is InChI=1S/C42H28N2/c1-4-12-29(13-5-1)32-20-21-37-38(26-32)42(34-23-25-44-40(28-34)31-16-8-3-9-17-31)36-19-11-10-18-35(36)41(37)33-22-24-43-39(27-33)30-14-6-2-7-15-30/h1-28H. The topological polar surface area (TPSA) is 25.8 Å². The van der Waals surface area contributed by atoms with Crippen molar-refractivity contribution >= 4 is 21.5 Å². The number of fused-ring (bicyclic) bond motifs is 2. The fourth-order valence-electron chi connectivity index (χ4n) is 6.32. The van der Waals surface area contributed by atoms with Crippen LogP contribution in [0.3, 0.4) is 0 Å². The molecule has 206 valence electrons. The molecule has 0 fully saturated rings. The number of aromatic nitrogens is 2. The smallest absolute Gasteiger partial charge is 0.0708 e. The molecule has 2 nitrogen and oxygen atoms in total. The number of rotatable bonds is 5. The summed E-state index contributed by atoms with van der Waals surface area (Å²) in [6.45, 7) is 0. The van der Waals surface area contributed by atoms with Gasteiger partial charge in [-0.1, -0.05) is 127 Å². The van der Waals surface area contributed by atoms with Gasteiger partial charge in [-0.25, -0.2) is 0 Å². The Bertz CT molecular complexity index is 2260. The minimum absolute atomic E-state index is 0.963. The maximum atomic E-state index is 4.76. The van der Waals surface area contributed by atoms with E-state index in [1.807, 2.05) is 24.5 Å². The Morgan fingerprint density at radius 3 is 1.23 bits per heavy atom. The first-order valence-electron chi connectivity index (χ1n) is 14.9. The lowest BCUT2D eigenvalue weighted by Gasteiger charge is -2.19. The molecule has 0 unspecified atom stereocenters. The van der Waals surface area contributed by atoms with Crippen molar-refractivity contribution in [2.75, 3.05) is 0 Å². The predicted molar refractivity (Wildman–Crippen MR) is 184 cm³/mol. The summed E-state index contributed by atoms with van der Waals surface area (Å²) in [5.41, 5.74) is 11.3. The molecule has 8 rings (SSSR count). The van der Waals surface area contributed by atoms with Gasteiger partial charge in [-0.05, 0) is 85.3 Å². The highest BCUT2D eigenvalue weighted by Gasteiger charge is 2.18. The minimum Gasteiger partial charge on any atom is -0.256 e. The first-order valence-corrected chi connectivity index (χ1v) is 14.9. The highest BCUT2D eigenvalue weighted by molar-refractivity contribution is 6.22. The van der Waals surface area contributed by atoms with Crippen LogP contribution in [-0.4, -0.2) is 9.97 Å². The lowest BCUT2D eigenvalue weighted by molar-refractivity contribution is 1.33. The highest BCUT2D eigenvalue weighted by Crippen LogP contribution is 2.45. The van der Waals surface area contributed by atoms with Crippen molar-refractivity contribution in [1.82, 2.24) is 9.97 Å². The summed E-state index contributed by atoms with van der Waals surface area (Å²) in [7, 11) is 0. The van der Waals surface area contributed by atoms with Crippen LogP contribution in [-0.2, 0) is 0 Å². The van der Waals surface area contributed by atoms with E-state index in [9.17, 15) is 0 Å². The fraction of sp³-hybridized carbons (Fsp3) is 0. The lowest BCUT2D eigenvalue weighted by Crippen LogP contribution is -1.93. The number of hydrogen-bond acceptors (Lipinski definition) is 2. The Labute approximate surface area is 257 Å². The van der Waals surface area contributed by atoms with E-state index in [2.05, 4.69) is 146 Å². The van der Waals surface area contributed by atoms with Gasteiger partial charge in [0.15, 0.2) is 0 Å². The van der Waals surface area contributed by atoms with Crippen LogP contribution in [0, 0.1) is 0 Å². The van der Waals surface area contributed by atoms with E-state index < -0.39 is 0 Å². The molecule has 2 heterocycles. The number of nitrogens with zero attached hydrogens (tertiary/aromatic N) is 2. The largest absolute Gasteiger partial charge is 0.256 e. The highest BCUT2D eigenvalue weighted by atomic mass is 14.7. The first kappa shape index (κ1) is 25.8. The van der Waals surface area contributed by atoms with Crippen molar-refractivity contribution in [2.45, 2.75) is 0 Å². The van der Waals surface area contributed by atoms with Crippen molar-refractivity contribution in [1.29, 1.82) is 0 Å². The Kier molecular flexibility index (Phi) is 6.51. The zero-order valence-corrected chi connectivity index (χ0v) is 24.1. The number of hydrogen-bond donors (Lipinski definition) is 0. The molecule has 0 aliphatic carbocycles. The van der Waals surface area contributed by atoms with Crippen molar-refractivity contribution < 1.29 is 0 Å². The SMILES string of the molecule is c1ccc(-c2ccc3c(-c4ccnc(-c5ccccc5)c4)c4ccccc4c(-c4ccnc(-c5ccccc5)c4)c3c2)cc1. The summed E-state index contributed by atoms with van der Waals surface area (Å²) in [4.78, 5) is 9.50. The molecule has 0 aliphatic rings. The molecule has 6 aromatic carbocycles. The molecule has 0 saturated heterocycles. The molecule has 0 N–H and O–H groups in total. The zero-order valence-electron chi connectivity index (χ0n) is 24.1. The maximum absolute atomic E-state index is 4.76. The van der Waals surface area contributed by atoms with Crippen molar-refractivity contribution in [3.05, 3.63) is 170 Å². The summed E-state index contributed by atoms with van der Waals surface area (Å²) in [5.74, 6) is 0. The minimum atomic E-state index is 0.963. The molecule has 0 atom stereocenters. The Balaban J connectivity index is 1.45. The van der Waals surface area contributed by atoms with Gasteiger partial charge in [0.25, 0.3) is 0 Å². The van der Waals surface area contributed by atoms with Gasteiger partial charge in [0.2, 0.25) is 0 Å². The molecule has 2 heteroatoms. The Hall–Kier alpha value is -5.86. The molecule has 44 heavy (non-hydrogen) atoms. The van der Waals surface area contributed by atoms with E-state index in [-0.39, 0.29) is 0 Å². The third-order valence-corrected chi connectivity index (χ3v) is 8.37. The average molecular weight is 561 g/mol. The first-order chi connectivity index (χ1) is 21.8. The molecule has 0 radical (unpaired) electrons. The molecular weight excluding hydrogens is 532 g/mol. The van der Waals surface area contributed by atoms with Crippen LogP contribution in [0.25, 0.3) is 77.4 Å². The van der Waals surface area contributed by atoms with Gasteiger partial charge >= 0.3 is 0 Å². The summed E-state index contributed by atoms with van der Waals surface area (Å²) < 4.78 is 0. The van der Waals surface area contributed by atoms with Crippen LogP contribution in [0.4, 0.5) is 0 Å². The fourth-order valence-corrected chi connectivity index (χ4v) is 6.32. The van der Waals surface area contributed by atoms with E-state index >= 15 is 0 Å². The van der Waals surface area contributed by atoms with Gasteiger partial charge in [-0.3, -0.25) is 9.97 Å². The van der Waals surface area contributed by atoms with Crippen molar-refractivity contribution in [3.8, 4) is 55.9 Å². The van der Waals surface area contributed by atoms with Crippen LogP contribution in [0.15, 0.2) is 170 Å². The van der Waals surface area contributed by atoms with Crippen molar-refractivity contribution in [3.63, 3.8) is 0 Å². The Morgan fingerprint density at radius 2 is 0.705 bits per heavy atom. The summed E-state index contributed by atoms with van der Waals surface area (Å²) in [6, 6.07) is 55.9. The van der Waals surface area contributed by atoms with Crippen LogP contribution in [0.5, 0.6) is 0 Å². The third kappa shape index (κ3) is 4.63. The van der Waals surface area contributed by atoms with E-state index in [4.69, 9.17) is 9.97 Å². The van der Waals surface area contributed by atoms with Crippen molar-refractivity contribution in [2.24, 2.45) is 0 Å². The van der Waals surface area contributed by atoms with Gasteiger partial charge < -0.3 is 0 Å². The molecule has 2 aromatic heterocycles. The second-order valence-electron chi connectivity index (χ2n) is 11.0. The quantitative estimate of drug-likeness (QED) is 0.196. The second-order valence-corrected chi connectivity index (χ2v) is 11.0. The van der Waals surface area contributed by atoms with Crippen LogP contribution in [0.2, 0.25) is 0 Å². The lowest BCUT2D eigenvalue weighted by atomic mass is 9.84. The van der Waals surface area contributed by atoms with Gasteiger partial charge in [0, 0.05) is 23.5 Å². The maximum Gasteiger partial charge on any atom is 0.0708 e. The molecular formula is C42H28N2. The molecule has 0 amide bonds. The van der Waals surface area contributed by atoms with Crippen LogP contribution < -0.4 is 0 Å². The van der Waals surface area contributed by atoms with Gasteiger partial charge in [0.1, 0.15) is 0 Å². The van der Waals surface area contributed by atoms with Gasteiger partial charge in [-0.15, -0.1) is 0 Å². The van der Waals surface area contributed by atoms with E-state index in [0.717, 1.165) is 33.6 Å². The second kappa shape index (κ2) is 11.1. The number of pyridine rings is 2. The molecule has 0 saturated carbocycles. The van der Waals surface area contributed by atoms with E-state index in [1.165, 1.54) is 43.8 Å². The molecule has 0 aliphatic heterocycles. The Morgan fingerprint density at radius 1 is 0.273 bits per heavy atom. The summed E-state index contributed by atoms with van der Waals surface area (Å²) >= 11 is 0. The summed E-state index contributed by atoms with van der Waals surface area (Å²) in [6.07, 6.45) is 3.86. The third-order valence-electron chi connectivity index (χ3n) is 8.37. The number of benzene rings is 6. The van der Waals surface area contributed by atoms with Gasteiger partial charge in [-0.2, -0.15) is 0 Å². The van der Waals surface area contributed by atoms with Crippen LogP contribution in [0.1, 0.15) is 0 Å². The monoisotopic (exact) mass is 560 g/mol. The molecule has 0 spiro atoms. The summed E-state index contributed by atoms with van der Waals surface area (Å²) in [5, 5.41) is 4.85. The van der Waals surface area contributed by atoms with Gasteiger partial charge in [0.05, 0.1) is 11.4 Å². The zero-order chi connectivity index (χ0) is 29.3.